The second-order valence-electron chi connectivity index (χ2n) is 6.71. The Bertz CT molecular complexity index is 899. The molecule has 0 aliphatic carbocycles. The maximum atomic E-state index is 11.7. The minimum absolute atomic E-state index is 0.204. The summed E-state index contributed by atoms with van der Waals surface area (Å²) in [7, 11) is 0. The van der Waals surface area contributed by atoms with E-state index in [0.29, 0.717) is 28.1 Å². The number of fused-ring (bicyclic) bond motifs is 4. The third kappa shape index (κ3) is 1.94. The molecule has 24 heavy (non-hydrogen) atoms. The first-order valence-corrected chi connectivity index (χ1v) is 8.73. The van der Waals surface area contributed by atoms with Gasteiger partial charge in [0.2, 0.25) is 0 Å². The van der Waals surface area contributed by atoms with Crippen LogP contribution in [0.3, 0.4) is 0 Å². The van der Waals surface area contributed by atoms with E-state index < -0.39 is 0 Å². The summed E-state index contributed by atoms with van der Waals surface area (Å²) in [6, 6.07) is 5.72. The van der Waals surface area contributed by atoms with Crippen molar-refractivity contribution in [1.82, 2.24) is 0 Å². The molecule has 2 aliphatic heterocycles. The molecular formula is C19H17BrO4. The van der Waals surface area contributed by atoms with Gasteiger partial charge in [0.05, 0.1) is 10.9 Å². The molecule has 0 radical (unpaired) electrons. The van der Waals surface area contributed by atoms with Crippen LogP contribution in [0, 0.1) is 0 Å². The van der Waals surface area contributed by atoms with E-state index >= 15 is 0 Å². The van der Waals surface area contributed by atoms with E-state index in [2.05, 4.69) is 29.8 Å². The van der Waals surface area contributed by atoms with Crippen LogP contribution in [0.5, 0.6) is 23.0 Å². The van der Waals surface area contributed by atoms with Gasteiger partial charge in [0.1, 0.15) is 23.0 Å². The molecule has 0 bridgehead atoms. The van der Waals surface area contributed by atoms with Crippen LogP contribution in [0.4, 0.5) is 0 Å². The van der Waals surface area contributed by atoms with Gasteiger partial charge in [0.25, 0.3) is 0 Å². The van der Waals surface area contributed by atoms with Crippen molar-refractivity contribution in [3.8, 4) is 23.0 Å². The van der Waals surface area contributed by atoms with Crippen molar-refractivity contribution in [1.29, 1.82) is 0 Å². The van der Waals surface area contributed by atoms with Crippen molar-refractivity contribution in [3.05, 3.63) is 44.9 Å². The Labute approximate surface area is 148 Å². The van der Waals surface area contributed by atoms with Crippen LogP contribution < -0.4 is 9.47 Å². The molecule has 5 heteroatoms. The molecule has 0 amide bonds. The molecule has 2 heterocycles. The fraction of sp³-hybridized carbons (Fsp3) is 0.316. The number of rotatable bonds is 1. The molecule has 4 rings (SSSR count). The van der Waals surface area contributed by atoms with Crippen molar-refractivity contribution in [2.75, 3.05) is 0 Å². The van der Waals surface area contributed by atoms with Crippen LogP contribution in [0.25, 0.3) is 0 Å². The van der Waals surface area contributed by atoms with Gasteiger partial charge < -0.3 is 14.6 Å². The lowest BCUT2D eigenvalue weighted by Gasteiger charge is -2.36. The summed E-state index contributed by atoms with van der Waals surface area (Å²) >= 11 is 3.44. The number of hydrogen-bond acceptors (Lipinski definition) is 4. The number of hydrogen-bond donors (Lipinski definition) is 1. The molecule has 0 aromatic heterocycles. The topological polar surface area (TPSA) is 55.8 Å². The summed E-state index contributed by atoms with van der Waals surface area (Å²) in [4.78, 5) is 11.7. The summed E-state index contributed by atoms with van der Waals surface area (Å²) in [6.07, 6.45) is 0.858. The zero-order valence-electron chi connectivity index (χ0n) is 13.7. The molecule has 0 fully saturated rings. The summed E-state index contributed by atoms with van der Waals surface area (Å²) in [5, 5.41) is 10.4. The van der Waals surface area contributed by atoms with Crippen molar-refractivity contribution in [3.63, 3.8) is 0 Å². The van der Waals surface area contributed by atoms with Gasteiger partial charge in [-0.2, -0.15) is 0 Å². The predicted molar refractivity (Wildman–Crippen MR) is 93.2 cm³/mol. The van der Waals surface area contributed by atoms with E-state index in [4.69, 9.17) is 9.47 Å². The first-order valence-electron chi connectivity index (χ1n) is 7.94. The second-order valence-corrected chi connectivity index (χ2v) is 7.57. The lowest BCUT2D eigenvalue weighted by atomic mass is 9.74. The van der Waals surface area contributed by atoms with Crippen LogP contribution >= 0.6 is 15.9 Å². The van der Waals surface area contributed by atoms with Gasteiger partial charge in [-0.3, -0.25) is 4.79 Å². The van der Waals surface area contributed by atoms with Crippen molar-refractivity contribution >= 4 is 21.9 Å². The van der Waals surface area contributed by atoms with Crippen LogP contribution in [0.2, 0.25) is 0 Å². The zero-order valence-corrected chi connectivity index (χ0v) is 15.3. The molecule has 0 saturated carbocycles. The molecule has 2 aromatic rings. The normalized spacial score (nSPS) is 16.8. The Balaban J connectivity index is 2.01. The largest absolute Gasteiger partial charge is 0.506 e. The molecule has 2 aliphatic rings. The number of phenols is 1. The molecule has 0 unspecified atom stereocenters. The first-order chi connectivity index (χ1) is 11.3. The quantitative estimate of drug-likeness (QED) is 0.572. The van der Waals surface area contributed by atoms with Crippen LogP contribution in [0.1, 0.15) is 43.0 Å². The number of halogens is 1. The second kappa shape index (κ2) is 4.99. The minimum atomic E-state index is -0.316. The van der Waals surface area contributed by atoms with Gasteiger partial charge in [-0.1, -0.05) is 26.8 Å². The standard InChI is InChI=1S/C19H17BrO4/c1-4-9-16(22)13(20)8-12-17(9)24-18-10-7-15(21)23-14(10)6-5-11(18)19(12,2)3/h5-6,8,22H,4,7H2,1-3H3. The molecular weight excluding hydrogens is 372 g/mol. The maximum Gasteiger partial charge on any atom is 0.315 e. The van der Waals surface area contributed by atoms with Crippen molar-refractivity contribution in [2.24, 2.45) is 0 Å². The molecule has 0 spiro atoms. The number of ether oxygens (including phenoxy) is 2. The third-order valence-electron chi connectivity index (χ3n) is 4.97. The monoisotopic (exact) mass is 388 g/mol. The SMILES string of the molecule is CCc1c(O)c(Br)cc2c1Oc1c(ccc3c1CC(=O)O3)C2(C)C. The number of phenolic OH excluding ortho intramolecular Hbond substituents is 1. The van der Waals surface area contributed by atoms with Gasteiger partial charge in [-0.05, 0) is 34.5 Å². The Kier molecular flexibility index (Phi) is 3.23. The predicted octanol–water partition coefficient (Wildman–Crippen LogP) is 4.61. The fourth-order valence-electron chi connectivity index (χ4n) is 3.62. The summed E-state index contributed by atoms with van der Waals surface area (Å²) in [6.45, 7) is 6.23. The highest BCUT2D eigenvalue weighted by Crippen LogP contribution is 2.55. The number of carbonyl (C=O) groups is 1. The maximum absolute atomic E-state index is 11.7. The number of aromatic hydroxyl groups is 1. The van der Waals surface area contributed by atoms with Gasteiger partial charge in [0, 0.05) is 27.7 Å². The third-order valence-corrected chi connectivity index (χ3v) is 5.57. The van der Waals surface area contributed by atoms with E-state index in [1.54, 1.807) is 0 Å². The van der Waals surface area contributed by atoms with Gasteiger partial charge in [-0.15, -0.1) is 0 Å². The highest BCUT2D eigenvalue weighted by atomic mass is 79.9. The number of esters is 1. The van der Waals surface area contributed by atoms with E-state index in [0.717, 1.165) is 22.3 Å². The Morgan fingerprint density at radius 1 is 1.21 bits per heavy atom. The highest BCUT2D eigenvalue weighted by Gasteiger charge is 2.40. The molecule has 1 N–H and O–H groups in total. The van der Waals surface area contributed by atoms with Gasteiger partial charge >= 0.3 is 5.97 Å². The Morgan fingerprint density at radius 3 is 2.67 bits per heavy atom. The lowest BCUT2D eigenvalue weighted by molar-refractivity contribution is -0.131. The van der Waals surface area contributed by atoms with E-state index in [1.165, 1.54) is 0 Å². The highest BCUT2D eigenvalue weighted by molar-refractivity contribution is 9.10. The minimum Gasteiger partial charge on any atom is -0.506 e. The van der Waals surface area contributed by atoms with Crippen molar-refractivity contribution in [2.45, 2.75) is 39.0 Å². The average molecular weight is 389 g/mol. The lowest BCUT2D eigenvalue weighted by Crippen LogP contribution is -2.25. The summed E-state index contributed by atoms with van der Waals surface area (Å²) < 4.78 is 12.2. The summed E-state index contributed by atoms with van der Waals surface area (Å²) in [5.41, 5.74) is 3.28. The van der Waals surface area contributed by atoms with Crippen molar-refractivity contribution < 1.29 is 19.4 Å². The smallest absolute Gasteiger partial charge is 0.315 e. The summed E-state index contributed by atoms with van der Waals surface area (Å²) in [5.74, 6) is 1.88. The molecule has 4 nitrogen and oxygen atoms in total. The van der Waals surface area contributed by atoms with E-state index in [9.17, 15) is 9.90 Å². The van der Waals surface area contributed by atoms with Gasteiger partial charge in [-0.25, -0.2) is 0 Å². The van der Waals surface area contributed by atoms with E-state index in [-0.39, 0.29) is 23.6 Å². The molecule has 2 aromatic carbocycles. The first kappa shape index (κ1) is 15.5. The number of benzene rings is 2. The zero-order chi connectivity index (χ0) is 17.2. The Hall–Kier alpha value is -2.01. The molecule has 0 atom stereocenters. The van der Waals surface area contributed by atoms with Crippen LogP contribution in [-0.2, 0) is 23.1 Å². The average Bonchev–Trinajstić information content (AvgIpc) is 2.90. The fourth-order valence-corrected chi connectivity index (χ4v) is 4.08. The van der Waals surface area contributed by atoms with Gasteiger partial charge in [0.15, 0.2) is 0 Å². The van der Waals surface area contributed by atoms with E-state index in [1.807, 2.05) is 25.1 Å². The molecule has 0 saturated heterocycles. The number of carbonyl (C=O) groups excluding carboxylic acids is 1. The molecule has 124 valence electrons. The Morgan fingerprint density at radius 2 is 1.96 bits per heavy atom. The van der Waals surface area contributed by atoms with Crippen LogP contribution in [0.15, 0.2) is 22.7 Å². The van der Waals surface area contributed by atoms with Crippen LogP contribution in [-0.4, -0.2) is 11.1 Å².